The van der Waals surface area contributed by atoms with E-state index in [1.54, 1.807) is 0 Å². The lowest BCUT2D eigenvalue weighted by atomic mass is 10.1. The fourth-order valence-corrected chi connectivity index (χ4v) is 3.64. The van der Waals surface area contributed by atoms with Gasteiger partial charge in [0, 0.05) is 43.3 Å². The van der Waals surface area contributed by atoms with Gasteiger partial charge in [0.05, 0.1) is 6.54 Å². The molecule has 4 rings (SSSR count). The Morgan fingerprint density at radius 3 is 3.00 bits per heavy atom. The Bertz CT molecular complexity index is 953. The van der Waals surface area contributed by atoms with Crippen LogP contribution in [0.2, 0.25) is 0 Å². The van der Waals surface area contributed by atoms with E-state index in [0.29, 0.717) is 18.5 Å². The van der Waals surface area contributed by atoms with E-state index in [1.165, 1.54) is 0 Å². The van der Waals surface area contributed by atoms with Crippen LogP contribution in [0.15, 0.2) is 39.7 Å². The first-order valence-corrected chi connectivity index (χ1v) is 10.6. The van der Waals surface area contributed by atoms with Crippen LogP contribution in [0.25, 0.3) is 11.0 Å². The summed E-state index contributed by atoms with van der Waals surface area (Å²) in [7, 11) is 0. The first kappa shape index (κ1) is 19.5. The van der Waals surface area contributed by atoms with Gasteiger partial charge in [-0.15, -0.1) is 0 Å². The monoisotopic (exact) mass is 394 g/mol. The highest BCUT2D eigenvalue weighted by Gasteiger charge is 2.23. The van der Waals surface area contributed by atoms with Crippen LogP contribution in [-0.2, 0) is 19.4 Å². The van der Waals surface area contributed by atoms with E-state index < -0.39 is 0 Å². The number of aliphatic imine (C=N–C) groups is 1. The molecule has 0 saturated heterocycles. The zero-order chi connectivity index (χ0) is 20.2. The summed E-state index contributed by atoms with van der Waals surface area (Å²) in [4.78, 5) is 9.42. The summed E-state index contributed by atoms with van der Waals surface area (Å²) in [6.45, 7) is 8.68. The summed E-state index contributed by atoms with van der Waals surface area (Å²) in [5.74, 6) is 4.21. The predicted molar refractivity (Wildman–Crippen MR) is 115 cm³/mol. The zero-order valence-electron chi connectivity index (χ0n) is 17.5. The number of aryl methyl sites for hydroxylation is 1. The van der Waals surface area contributed by atoms with E-state index in [1.807, 2.05) is 18.2 Å². The standard InChI is InChI=1S/C22H30N6O/c1-4-23-22(24-12-11-18-13-16-7-5-6-8-19(16)29-18)25-17-9-10-20-26-21(15(2)3)27-28(20)14-17/h5-8,13,15,17H,4,9-12,14H2,1-3H3,(H2,23,24,25). The van der Waals surface area contributed by atoms with E-state index >= 15 is 0 Å². The van der Waals surface area contributed by atoms with Crippen LogP contribution in [0.3, 0.4) is 0 Å². The number of benzene rings is 1. The van der Waals surface area contributed by atoms with Gasteiger partial charge in [0.1, 0.15) is 17.2 Å². The second kappa shape index (κ2) is 8.68. The summed E-state index contributed by atoms with van der Waals surface area (Å²) in [5, 5.41) is 12.7. The van der Waals surface area contributed by atoms with Crippen molar-refractivity contribution in [3.8, 4) is 0 Å². The number of hydrogen-bond acceptors (Lipinski definition) is 4. The smallest absolute Gasteiger partial charge is 0.191 e. The lowest BCUT2D eigenvalue weighted by Gasteiger charge is -2.25. The van der Waals surface area contributed by atoms with Crippen molar-refractivity contribution in [2.24, 2.45) is 4.99 Å². The number of nitrogens with zero attached hydrogens (tertiary/aromatic N) is 4. The van der Waals surface area contributed by atoms with Crippen LogP contribution in [0.5, 0.6) is 0 Å². The number of nitrogens with one attached hydrogen (secondary N) is 2. The molecule has 3 aromatic rings. The van der Waals surface area contributed by atoms with Gasteiger partial charge in [-0.1, -0.05) is 32.0 Å². The van der Waals surface area contributed by atoms with Crippen molar-refractivity contribution < 1.29 is 4.42 Å². The van der Waals surface area contributed by atoms with E-state index in [4.69, 9.17) is 9.41 Å². The van der Waals surface area contributed by atoms with Crippen molar-refractivity contribution in [2.45, 2.75) is 58.5 Å². The molecule has 3 heterocycles. The van der Waals surface area contributed by atoms with Crippen LogP contribution in [0, 0.1) is 0 Å². The topological polar surface area (TPSA) is 80.3 Å². The molecule has 154 valence electrons. The molecular formula is C22H30N6O. The molecule has 0 saturated carbocycles. The molecule has 29 heavy (non-hydrogen) atoms. The van der Waals surface area contributed by atoms with Crippen LogP contribution in [-0.4, -0.2) is 39.9 Å². The number of para-hydroxylation sites is 1. The maximum absolute atomic E-state index is 5.89. The summed E-state index contributed by atoms with van der Waals surface area (Å²) >= 11 is 0. The number of fused-ring (bicyclic) bond motifs is 2. The Morgan fingerprint density at radius 2 is 2.21 bits per heavy atom. The fourth-order valence-electron chi connectivity index (χ4n) is 3.64. The predicted octanol–water partition coefficient (Wildman–Crippen LogP) is 3.26. The molecule has 0 radical (unpaired) electrons. The Labute approximate surface area is 171 Å². The third-order valence-electron chi connectivity index (χ3n) is 5.18. The van der Waals surface area contributed by atoms with Crippen molar-refractivity contribution >= 4 is 16.9 Å². The summed E-state index contributed by atoms with van der Waals surface area (Å²) in [6.07, 6.45) is 2.75. The molecular weight excluding hydrogens is 364 g/mol. The van der Waals surface area contributed by atoms with Crippen molar-refractivity contribution in [1.29, 1.82) is 0 Å². The Hall–Kier alpha value is -2.83. The van der Waals surface area contributed by atoms with Crippen LogP contribution in [0.1, 0.15) is 50.5 Å². The maximum atomic E-state index is 5.89. The van der Waals surface area contributed by atoms with Crippen LogP contribution >= 0.6 is 0 Å². The minimum absolute atomic E-state index is 0.299. The van der Waals surface area contributed by atoms with Gasteiger partial charge in [0.25, 0.3) is 0 Å². The average molecular weight is 395 g/mol. The lowest BCUT2D eigenvalue weighted by molar-refractivity contribution is 0.391. The average Bonchev–Trinajstić information content (AvgIpc) is 3.31. The highest BCUT2D eigenvalue weighted by Crippen LogP contribution is 2.19. The number of rotatable bonds is 6. The molecule has 0 aliphatic carbocycles. The van der Waals surface area contributed by atoms with Gasteiger partial charge in [-0.3, -0.25) is 4.99 Å². The number of aromatic nitrogens is 3. The normalized spacial score (nSPS) is 17.0. The Balaban J connectivity index is 1.36. The minimum Gasteiger partial charge on any atom is -0.461 e. The summed E-state index contributed by atoms with van der Waals surface area (Å²) in [5.41, 5.74) is 0.933. The highest BCUT2D eigenvalue weighted by atomic mass is 16.3. The van der Waals surface area contributed by atoms with Crippen molar-refractivity contribution in [1.82, 2.24) is 25.4 Å². The van der Waals surface area contributed by atoms with Gasteiger partial charge < -0.3 is 15.1 Å². The fraction of sp³-hybridized carbons (Fsp3) is 0.500. The van der Waals surface area contributed by atoms with Gasteiger partial charge in [-0.2, -0.15) is 5.10 Å². The molecule has 2 aromatic heterocycles. The van der Waals surface area contributed by atoms with Gasteiger partial charge in [-0.25, -0.2) is 9.67 Å². The molecule has 1 aliphatic rings. The minimum atomic E-state index is 0.299. The molecule has 2 N–H and O–H groups in total. The maximum Gasteiger partial charge on any atom is 0.191 e. The Kier molecular flexibility index (Phi) is 5.83. The van der Waals surface area contributed by atoms with E-state index in [2.05, 4.69) is 58.3 Å². The zero-order valence-corrected chi connectivity index (χ0v) is 17.5. The molecule has 0 amide bonds. The molecule has 0 fully saturated rings. The first-order valence-electron chi connectivity index (χ1n) is 10.6. The van der Waals surface area contributed by atoms with Gasteiger partial charge >= 0.3 is 0 Å². The number of furan rings is 1. The van der Waals surface area contributed by atoms with Gasteiger partial charge in [0.15, 0.2) is 11.8 Å². The summed E-state index contributed by atoms with van der Waals surface area (Å²) in [6, 6.07) is 10.5. The third-order valence-corrected chi connectivity index (χ3v) is 5.18. The Morgan fingerprint density at radius 1 is 1.34 bits per heavy atom. The molecule has 0 spiro atoms. The first-order chi connectivity index (χ1) is 14.1. The molecule has 1 atom stereocenters. The van der Waals surface area contributed by atoms with E-state index in [0.717, 1.165) is 66.7 Å². The van der Waals surface area contributed by atoms with Crippen LogP contribution < -0.4 is 10.6 Å². The second-order valence-corrected chi connectivity index (χ2v) is 7.86. The lowest BCUT2D eigenvalue weighted by Crippen LogP contribution is -2.47. The molecule has 1 unspecified atom stereocenters. The largest absolute Gasteiger partial charge is 0.461 e. The quantitative estimate of drug-likeness (QED) is 0.495. The van der Waals surface area contributed by atoms with Crippen LogP contribution in [0.4, 0.5) is 0 Å². The van der Waals surface area contributed by atoms with Crippen molar-refractivity contribution in [3.63, 3.8) is 0 Å². The SMILES string of the molecule is CCNC(=NCCc1cc2ccccc2o1)NC1CCc2nc(C(C)C)nn2C1. The molecule has 1 aliphatic heterocycles. The number of guanidine groups is 1. The summed E-state index contributed by atoms with van der Waals surface area (Å²) < 4.78 is 7.94. The second-order valence-electron chi connectivity index (χ2n) is 7.86. The van der Waals surface area contributed by atoms with E-state index in [-0.39, 0.29) is 0 Å². The van der Waals surface area contributed by atoms with E-state index in [9.17, 15) is 0 Å². The van der Waals surface area contributed by atoms with Crippen molar-refractivity contribution in [2.75, 3.05) is 13.1 Å². The van der Waals surface area contributed by atoms with Crippen molar-refractivity contribution in [3.05, 3.63) is 47.7 Å². The molecule has 7 nitrogen and oxygen atoms in total. The molecule has 7 heteroatoms. The van der Waals surface area contributed by atoms with Gasteiger partial charge in [0.2, 0.25) is 0 Å². The highest BCUT2D eigenvalue weighted by molar-refractivity contribution is 5.80. The van der Waals surface area contributed by atoms with Gasteiger partial charge in [-0.05, 0) is 25.5 Å². The molecule has 0 bridgehead atoms. The third kappa shape index (κ3) is 4.60. The number of hydrogen-bond donors (Lipinski definition) is 2. The molecule has 1 aromatic carbocycles.